The Morgan fingerprint density at radius 2 is 1.68 bits per heavy atom. The number of nitrogens with zero attached hydrogens (tertiary/aromatic N) is 2. The molecule has 0 atom stereocenters. The highest BCUT2D eigenvalue weighted by atomic mass is 35.5. The zero-order valence-electron chi connectivity index (χ0n) is 8.97. The molecule has 0 spiro atoms. The van der Waals surface area contributed by atoms with E-state index in [1.54, 1.807) is 0 Å². The average Bonchev–Trinajstić information content (AvgIpc) is 2.26. The van der Waals surface area contributed by atoms with E-state index >= 15 is 0 Å². The molecule has 1 aromatic carbocycles. The van der Waals surface area contributed by atoms with Crippen LogP contribution in [0.3, 0.4) is 0 Å². The van der Waals surface area contributed by atoms with E-state index in [-0.39, 0.29) is 21.4 Å². The molecule has 0 fully saturated rings. The second-order valence-corrected chi connectivity index (χ2v) is 4.32. The van der Waals surface area contributed by atoms with Crippen LogP contribution in [0.4, 0.5) is 17.6 Å². The summed E-state index contributed by atoms with van der Waals surface area (Å²) in [5, 5.41) is -0.444. The normalized spacial score (nSPS) is 11.7. The summed E-state index contributed by atoms with van der Waals surface area (Å²) in [5.41, 5.74) is 0.00944. The molecule has 2 rings (SSSR count). The summed E-state index contributed by atoms with van der Waals surface area (Å²) in [4.78, 5) is 6.43. The number of halogens is 6. The molecule has 0 saturated heterocycles. The number of hydrogen-bond donors (Lipinski definition) is 0. The Morgan fingerprint density at radius 3 is 2.26 bits per heavy atom. The highest BCUT2D eigenvalue weighted by Gasteiger charge is 2.35. The summed E-state index contributed by atoms with van der Waals surface area (Å²) < 4.78 is 50.5. The Bertz CT molecular complexity index is 629. The molecule has 0 aliphatic rings. The number of rotatable bonds is 1. The molecule has 0 radical (unpaired) electrons. The Hall–Kier alpha value is -1.40. The van der Waals surface area contributed by atoms with Gasteiger partial charge in [-0.1, -0.05) is 23.2 Å². The Morgan fingerprint density at radius 1 is 1.00 bits per heavy atom. The molecule has 0 aliphatic heterocycles. The van der Waals surface area contributed by atoms with Gasteiger partial charge >= 0.3 is 6.18 Å². The fourth-order valence-corrected chi connectivity index (χ4v) is 1.83. The van der Waals surface area contributed by atoms with E-state index in [0.717, 1.165) is 18.2 Å². The van der Waals surface area contributed by atoms with Gasteiger partial charge in [-0.2, -0.15) is 13.2 Å². The van der Waals surface area contributed by atoms with Crippen molar-refractivity contribution < 1.29 is 17.6 Å². The molecule has 8 heteroatoms. The van der Waals surface area contributed by atoms with Crippen molar-refractivity contribution in [2.45, 2.75) is 6.18 Å². The van der Waals surface area contributed by atoms with Gasteiger partial charge in [0.05, 0.1) is 10.7 Å². The van der Waals surface area contributed by atoms with Gasteiger partial charge in [0.1, 0.15) is 11.0 Å². The molecule has 0 unspecified atom stereocenters. The summed E-state index contributed by atoms with van der Waals surface area (Å²) in [6, 6.07) is 4.37. The fraction of sp³-hybridized carbons (Fsp3) is 0.0909. The molecule has 0 aliphatic carbocycles. The van der Waals surface area contributed by atoms with Crippen LogP contribution in [0.5, 0.6) is 0 Å². The quantitative estimate of drug-likeness (QED) is 0.568. The zero-order chi connectivity index (χ0) is 14.2. The van der Waals surface area contributed by atoms with Gasteiger partial charge < -0.3 is 0 Å². The maximum atomic E-state index is 12.9. The lowest BCUT2D eigenvalue weighted by Crippen LogP contribution is -2.11. The van der Waals surface area contributed by atoms with Gasteiger partial charge in [-0.15, -0.1) is 0 Å². The van der Waals surface area contributed by atoms with Crippen molar-refractivity contribution >= 4 is 23.2 Å². The van der Waals surface area contributed by atoms with Crippen molar-refractivity contribution in [3.05, 3.63) is 46.1 Å². The second-order valence-electron chi connectivity index (χ2n) is 3.52. The Balaban J connectivity index is 2.59. The van der Waals surface area contributed by atoms with Crippen LogP contribution in [0.15, 0.2) is 24.3 Å². The van der Waals surface area contributed by atoms with Crippen LogP contribution in [0.1, 0.15) is 5.82 Å². The van der Waals surface area contributed by atoms with E-state index in [2.05, 4.69) is 9.97 Å². The van der Waals surface area contributed by atoms with Gasteiger partial charge in [0, 0.05) is 11.6 Å². The largest absolute Gasteiger partial charge is 0.451 e. The molecule has 2 aromatic rings. The molecule has 100 valence electrons. The molecule has 0 N–H and O–H groups in total. The SMILES string of the molecule is Fc1ccc(-c2cc(Cl)nc(C(F)(F)F)n2)c(Cl)c1. The third-order valence-electron chi connectivity index (χ3n) is 2.16. The molecule has 19 heavy (non-hydrogen) atoms. The van der Waals surface area contributed by atoms with Crippen LogP contribution >= 0.6 is 23.2 Å². The molecular weight excluding hydrogens is 307 g/mol. The van der Waals surface area contributed by atoms with Crippen molar-refractivity contribution in [1.29, 1.82) is 0 Å². The van der Waals surface area contributed by atoms with Gasteiger partial charge in [-0.25, -0.2) is 14.4 Å². The fourth-order valence-electron chi connectivity index (χ4n) is 1.38. The van der Waals surface area contributed by atoms with Crippen LogP contribution in [0.2, 0.25) is 10.2 Å². The third kappa shape index (κ3) is 3.13. The molecule has 1 heterocycles. The van der Waals surface area contributed by atoms with Crippen molar-refractivity contribution in [2.24, 2.45) is 0 Å². The van der Waals surface area contributed by atoms with Crippen molar-refractivity contribution in [3.63, 3.8) is 0 Å². The van der Waals surface area contributed by atoms with Crippen LogP contribution in [0, 0.1) is 5.82 Å². The second kappa shape index (κ2) is 4.94. The average molecular weight is 311 g/mol. The maximum absolute atomic E-state index is 12.9. The topological polar surface area (TPSA) is 25.8 Å². The van der Waals surface area contributed by atoms with Gasteiger partial charge in [-0.05, 0) is 18.2 Å². The standard InChI is InChI=1S/C11H4Cl2F4N2/c12-7-3-5(14)1-2-6(7)8-4-9(13)19-10(18-8)11(15,16)17/h1-4H. The molecule has 0 bridgehead atoms. The summed E-state index contributed by atoms with van der Waals surface area (Å²) >= 11 is 11.3. The summed E-state index contributed by atoms with van der Waals surface area (Å²) in [7, 11) is 0. The van der Waals surface area contributed by atoms with Gasteiger partial charge in [0.15, 0.2) is 0 Å². The monoisotopic (exact) mass is 310 g/mol. The van der Waals surface area contributed by atoms with Crippen LogP contribution in [-0.2, 0) is 6.18 Å². The number of benzene rings is 1. The number of hydrogen-bond acceptors (Lipinski definition) is 2. The van der Waals surface area contributed by atoms with E-state index in [0.29, 0.717) is 0 Å². The predicted octanol–water partition coefficient (Wildman–Crippen LogP) is 4.61. The molecule has 1 aromatic heterocycles. The van der Waals surface area contributed by atoms with Crippen LogP contribution in [-0.4, -0.2) is 9.97 Å². The first-order chi connectivity index (χ1) is 8.77. The minimum atomic E-state index is -4.73. The lowest BCUT2D eigenvalue weighted by molar-refractivity contribution is -0.144. The molecule has 2 nitrogen and oxygen atoms in total. The molecular formula is C11H4Cl2F4N2. The number of alkyl halides is 3. The van der Waals surface area contributed by atoms with Crippen LogP contribution < -0.4 is 0 Å². The van der Waals surface area contributed by atoms with Crippen LogP contribution in [0.25, 0.3) is 11.3 Å². The summed E-state index contributed by atoms with van der Waals surface area (Å²) in [5.74, 6) is -1.99. The van der Waals surface area contributed by atoms with E-state index < -0.39 is 17.8 Å². The maximum Gasteiger partial charge on any atom is 0.451 e. The first kappa shape index (κ1) is 14.0. The Kier molecular flexibility index (Phi) is 3.64. The van der Waals surface area contributed by atoms with Crippen molar-refractivity contribution in [3.8, 4) is 11.3 Å². The summed E-state index contributed by atoms with van der Waals surface area (Å²) in [6.45, 7) is 0. The highest BCUT2D eigenvalue weighted by molar-refractivity contribution is 6.33. The predicted molar refractivity (Wildman–Crippen MR) is 62.4 cm³/mol. The van der Waals surface area contributed by atoms with E-state index in [9.17, 15) is 17.6 Å². The highest BCUT2D eigenvalue weighted by Crippen LogP contribution is 2.32. The summed E-state index contributed by atoms with van der Waals surface area (Å²) in [6.07, 6.45) is -4.73. The van der Waals surface area contributed by atoms with E-state index in [1.807, 2.05) is 0 Å². The molecule has 0 amide bonds. The van der Waals surface area contributed by atoms with Gasteiger partial charge in [0.2, 0.25) is 5.82 Å². The van der Waals surface area contributed by atoms with Crippen molar-refractivity contribution in [2.75, 3.05) is 0 Å². The van der Waals surface area contributed by atoms with E-state index in [4.69, 9.17) is 23.2 Å². The minimum Gasteiger partial charge on any atom is -0.224 e. The van der Waals surface area contributed by atoms with Gasteiger partial charge in [0.25, 0.3) is 0 Å². The minimum absolute atomic E-state index is 0.0668. The first-order valence-corrected chi connectivity index (χ1v) is 5.60. The third-order valence-corrected chi connectivity index (χ3v) is 2.66. The lowest BCUT2D eigenvalue weighted by Gasteiger charge is -2.09. The van der Waals surface area contributed by atoms with Gasteiger partial charge in [-0.3, -0.25) is 0 Å². The molecule has 0 saturated carbocycles. The first-order valence-electron chi connectivity index (χ1n) is 4.84. The number of aromatic nitrogens is 2. The lowest BCUT2D eigenvalue weighted by atomic mass is 10.1. The zero-order valence-corrected chi connectivity index (χ0v) is 10.5. The Labute approximate surface area is 115 Å². The van der Waals surface area contributed by atoms with Crippen molar-refractivity contribution in [1.82, 2.24) is 9.97 Å². The smallest absolute Gasteiger partial charge is 0.224 e. The van der Waals surface area contributed by atoms with E-state index in [1.165, 1.54) is 6.07 Å².